The Hall–Kier alpha value is -3.27. The Morgan fingerprint density at radius 3 is 2.21 bits per heavy atom. The zero-order valence-corrected chi connectivity index (χ0v) is 12.8. The number of benzene rings is 2. The van der Waals surface area contributed by atoms with E-state index in [4.69, 9.17) is 5.73 Å². The molecule has 0 bridgehead atoms. The highest BCUT2D eigenvalue weighted by molar-refractivity contribution is 5.98. The minimum absolute atomic E-state index is 0.228. The second kappa shape index (κ2) is 5.74. The van der Waals surface area contributed by atoms with Crippen molar-refractivity contribution in [3.05, 3.63) is 78.9 Å². The van der Waals surface area contributed by atoms with Gasteiger partial charge in [0.15, 0.2) is 0 Å². The molecule has 0 aliphatic heterocycles. The summed E-state index contributed by atoms with van der Waals surface area (Å²) in [6.45, 7) is 0. The SMILES string of the molecule is Nc1ncc(-c2ccc(-c3ccccc3F)cc2)c2cccnc12. The van der Waals surface area contributed by atoms with Crippen LogP contribution in [0.5, 0.6) is 0 Å². The molecule has 3 nitrogen and oxygen atoms in total. The number of hydrogen-bond donors (Lipinski definition) is 1. The van der Waals surface area contributed by atoms with E-state index in [1.54, 1.807) is 24.5 Å². The standard InChI is InChI=1S/C20H14FN3/c21-18-6-2-1-4-15(18)13-7-9-14(10-8-13)17-12-24-20(22)19-16(17)5-3-11-23-19/h1-12H,(H2,22,24). The van der Waals surface area contributed by atoms with Crippen LogP contribution in [0.15, 0.2) is 73.1 Å². The molecular weight excluding hydrogens is 301 g/mol. The van der Waals surface area contributed by atoms with Crippen LogP contribution >= 0.6 is 0 Å². The third-order valence-corrected chi connectivity index (χ3v) is 4.05. The third kappa shape index (κ3) is 2.38. The maximum Gasteiger partial charge on any atom is 0.149 e. The molecule has 0 radical (unpaired) electrons. The van der Waals surface area contributed by atoms with E-state index in [-0.39, 0.29) is 5.82 Å². The summed E-state index contributed by atoms with van der Waals surface area (Å²) in [5, 5.41) is 0.948. The van der Waals surface area contributed by atoms with Gasteiger partial charge in [-0.2, -0.15) is 0 Å². The molecule has 4 aromatic rings. The van der Waals surface area contributed by atoms with E-state index in [2.05, 4.69) is 9.97 Å². The molecule has 2 heterocycles. The van der Waals surface area contributed by atoms with Gasteiger partial charge >= 0.3 is 0 Å². The Labute approximate surface area is 138 Å². The highest BCUT2D eigenvalue weighted by atomic mass is 19.1. The lowest BCUT2D eigenvalue weighted by atomic mass is 9.99. The number of fused-ring (bicyclic) bond motifs is 1. The van der Waals surface area contributed by atoms with Crippen molar-refractivity contribution in [1.82, 2.24) is 9.97 Å². The van der Waals surface area contributed by atoms with Crippen molar-refractivity contribution < 1.29 is 4.39 Å². The molecule has 2 aromatic heterocycles. The van der Waals surface area contributed by atoms with E-state index in [1.165, 1.54) is 6.07 Å². The maximum atomic E-state index is 13.9. The molecule has 0 saturated carbocycles. The van der Waals surface area contributed by atoms with Crippen LogP contribution in [-0.2, 0) is 0 Å². The van der Waals surface area contributed by atoms with E-state index in [1.807, 2.05) is 42.5 Å². The van der Waals surface area contributed by atoms with Gasteiger partial charge in [0, 0.05) is 28.9 Å². The number of nitrogens with zero attached hydrogens (tertiary/aromatic N) is 2. The van der Waals surface area contributed by atoms with Gasteiger partial charge < -0.3 is 5.73 Å². The molecule has 0 fully saturated rings. The van der Waals surface area contributed by atoms with E-state index < -0.39 is 0 Å². The van der Waals surface area contributed by atoms with Crippen LogP contribution in [0.4, 0.5) is 10.2 Å². The second-order valence-corrected chi connectivity index (χ2v) is 5.51. The summed E-state index contributed by atoms with van der Waals surface area (Å²) < 4.78 is 13.9. The number of aromatic nitrogens is 2. The molecule has 0 unspecified atom stereocenters. The molecule has 24 heavy (non-hydrogen) atoms. The first-order valence-corrected chi connectivity index (χ1v) is 7.58. The van der Waals surface area contributed by atoms with Crippen LogP contribution in [0.1, 0.15) is 0 Å². The van der Waals surface area contributed by atoms with Crippen LogP contribution in [-0.4, -0.2) is 9.97 Å². The fraction of sp³-hybridized carbons (Fsp3) is 0. The Balaban J connectivity index is 1.82. The number of rotatable bonds is 2. The summed E-state index contributed by atoms with van der Waals surface area (Å²) >= 11 is 0. The van der Waals surface area contributed by atoms with Crippen LogP contribution in [0.2, 0.25) is 0 Å². The van der Waals surface area contributed by atoms with E-state index in [0.29, 0.717) is 16.9 Å². The monoisotopic (exact) mass is 315 g/mol. The Morgan fingerprint density at radius 1 is 0.750 bits per heavy atom. The number of nitrogen functional groups attached to an aromatic ring is 1. The van der Waals surface area contributed by atoms with Gasteiger partial charge in [-0.15, -0.1) is 0 Å². The van der Waals surface area contributed by atoms with E-state index in [0.717, 1.165) is 22.1 Å². The largest absolute Gasteiger partial charge is 0.382 e. The van der Waals surface area contributed by atoms with Crippen molar-refractivity contribution >= 4 is 16.7 Å². The van der Waals surface area contributed by atoms with Gasteiger partial charge in [0.1, 0.15) is 17.2 Å². The maximum absolute atomic E-state index is 13.9. The van der Waals surface area contributed by atoms with Crippen molar-refractivity contribution in [3.63, 3.8) is 0 Å². The number of anilines is 1. The van der Waals surface area contributed by atoms with Crippen LogP contribution in [0, 0.1) is 5.82 Å². The predicted molar refractivity (Wildman–Crippen MR) is 94.8 cm³/mol. The molecule has 0 spiro atoms. The zero-order valence-electron chi connectivity index (χ0n) is 12.8. The third-order valence-electron chi connectivity index (χ3n) is 4.05. The van der Waals surface area contributed by atoms with Crippen molar-refractivity contribution in [2.75, 3.05) is 5.73 Å². The Morgan fingerprint density at radius 2 is 1.46 bits per heavy atom. The van der Waals surface area contributed by atoms with E-state index >= 15 is 0 Å². The summed E-state index contributed by atoms with van der Waals surface area (Å²) in [4.78, 5) is 8.54. The van der Waals surface area contributed by atoms with Gasteiger partial charge in [-0.1, -0.05) is 48.5 Å². The van der Waals surface area contributed by atoms with Gasteiger partial charge in [0.25, 0.3) is 0 Å². The summed E-state index contributed by atoms with van der Waals surface area (Å²) in [6.07, 6.45) is 3.45. The molecule has 4 rings (SSSR count). The molecule has 2 N–H and O–H groups in total. The van der Waals surface area contributed by atoms with Crippen molar-refractivity contribution in [1.29, 1.82) is 0 Å². The summed E-state index contributed by atoms with van der Waals surface area (Å²) in [7, 11) is 0. The summed E-state index contributed by atoms with van der Waals surface area (Å²) in [5.74, 6) is 0.186. The fourth-order valence-electron chi connectivity index (χ4n) is 2.85. The van der Waals surface area contributed by atoms with Crippen LogP contribution < -0.4 is 5.73 Å². The lowest BCUT2D eigenvalue weighted by Crippen LogP contribution is -1.95. The minimum Gasteiger partial charge on any atom is -0.382 e. The topological polar surface area (TPSA) is 51.8 Å². The minimum atomic E-state index is -0.228. The average molecular weight is 315 g/mol. The first-order chi connectivity index (χ1) is 11.7. The molecule has 0 aliphatic carbocycles. The highest BCUT2D eigenvalue weighted by Crippen LogP contribution is 2.31. The molecule has 0 atom stereocenters. The molecule has 116 valence electrons. The van der Waals surface area contributed by atoms with Crippen LogP contribution in [0.25, 0.3) is 33.2 Å². The van der Waals surface area contributed by atoms with Crippen molar-refractivity contribution in [3.8, 4) is 22.3 Å². The molecule has 4 heteroatoms. The summed E-state index contributed by atoms with van der Waals surface area (Å²) in [5.41, 5.74) is 9.96. The van der Waals surface area contributed by atoms with E-state index in [9.17, 15) is 4.39 Å². The number of halogens is 1. The number of hydrogen-bond acceptors (Lipinski definition) is 3. The molecule has 0 saturated heterocycles. The molecule has 0 aliphatic rings. The lowest BCUT2D eigenvalue weighted by molar-refractivity contribution is 0.631. The predicted octanol–water partition coefficient (Wildman–Crippen LogP) is 4.69. The Kier molecular flexibility index (Phi) is 3.43. The second-order valence-electron chi connectivity index (χ2n) is 5.51. The van der Waals surface area contributed by atoms with Crippen molar-refractivity contribution in [2.45, 2.75) is 0 Å². The Bertz CT molecular complexity index is 1030. The molecule has 2 aromatic carbocycles. The van der Waals surface area contributed by atoms with Crippen LogP contribution in [0.3, 0.4) is 0 Å². The van der Waals surface area contributed by atoms with Gasteiger partial charge in [-0.05, 0) is 23.3 Å². The fourth-order valence-corrected chi connectivity index (χ4v) is 2.85. The average Bonchev–Trinajstić information content (AvgIpc) is 2.63. The van der Waals surface area contributed by atoms with Gasteiger partial charge in [0.05, 0.1) is 0 Å². The first-order valence-electron chi connectivity index (χ1n) is 7.58. The number of nitrogens with two attached hydrogens (primary N) is 1. The first kappa shape index (κ1) is 14.3. The molecular formula is C20H14FN3. The van der Waals surface area contributed by atoms with Crippen molar-refractivity contribution in [2.24, 2.45) is 0 Å². The lowest BCUT2D eigenvalue weighted by Gasteiger charge is -2.09. The van der Waals surface area contributed by atoms with Gasteiger partial charge in [-0.25, -0.2) is 9.37 Å². The zero-order chi connectivity index (χ0) is 16.5. The summed E-state index contributed by atoms with van der Waals surface area (Å²) in [6, 6.07) is 18.3. The smallest absolute Gasteiger partial charge is 0.149 e. The molecule has 0 amide bonds. The van der Waals surface area contributed by atoms with Gasteiger partial charge in [0.2, 0.25) is 0 Å². The normalized spacial score (nSPS) is 10.9. The number of pyridine rings is 2. The highest BCUT2D eigenvalue weighted by Gasteiger charge is 2.09. The quantitative estimate of drug-likeness (QED) is 0.584. The van der Waals surface area contributed by atoms with Gasteiger partial charge in [-0.3, -0.25) is 4.98 Å².